The van der Waals surface area contributed by atoms with Crippen molar-refractivity contribution in [3.05, 3.63) is 72.8 Å². The van der Waals surface area contributed by atoms with Gasteiger partial charge < -0.3 is 0 Å². The lowest BCUT2D eigenvalue weighted by molar-refractivity contribution is 0.595. The zero-order valence-electron chi connectivity index (χ0n) is 13.2. The van der Waals surface area contributed by atoms with E-state index in [0.717, 1.165) is 5.56 Å². The van der Waals surface area contributed by atoms with E-state index in [2.05, 4.69) is 14.8 Å². The molecule has 0 aliphatic heterocycles. The second-order valence-corrected chi connectivity index (χ2v) is 7.32. The van der Waals surface area contributed by atoms with E-state index in [0.29, 0.717) is 11.4 Å². The predicted octanol–water partition coefficient (Wildman–Crippen LogP) is 2.81. The van der Waals surface area contributed by atoms with E-state index in [1.165, 1.54) is 17.3 Å². The third-order valence-electron chi connectivity index (χ3n) is 3.67. The molecule has 0 aliphatic rings. The largest absolute Gasteiger partial charge is 0.281 e. The highest BCUT2D eigenvalue weighted by Gasteiger charge is 2.18. The monoisotopic (exact) mass is 342 g/mol. The number of aromatic nitrogens is 3. The van der Waals surface area contributed by atoms with Crippen LogP contribution in [-0.2, 0) is 10.0 Å². The smallest absolute Gasteiger partial charge is 0.233 e. The van der Waals surface area contributed by atoms with Crippen molar-refractivity contribution in [3.8, 4) is 5.69 Å². The van der Waals surface area contributed by atoms with E-state index >= 15 is 0 Å². The van der Waals surface area contributed by atoms with Crippen molar-refractivity contribution in [2.45, 2.75) is 12.8 Å². The van der Waals surface area contributed by atoms with Crippen LogP contribution in [0.5, 0.6) is 0 Å². The fourth-order valence-corrected chi connectivity index (χ4v) is 3.95. The Labute approximate surface area is 141 Å². The molecular formula is C17H18N4O2S. The van der Waals surface area contributed by atoms with Crippen LogP contribution in [0, 0.1) is 0 Å². The Balaban J connectivity index is 1.81. The molecule has 3 rings (SSSR count). The normalized spacial score (nSPS) is 12.7. The maximum Gasteiger partial charge on any atom is 0.233 e. The van der Waals surface area contributed by atoms with Gasteiger partial charge in [0.05, 0.1) is 17.1 Å². The number of hydrogen-bond donors (Lipinski definition) is 1. The average Bonchev–Trinajstić information content (AvgIpc) is 3.09. The minimum atomic E-state index is -3.51. The van der Waals surface area contributed by atoms with Crippen molar-refractivity contribution >= 4 is 15.7 Å². The van der Waals surface area contributed by atoms with Crippen LogP contribution in [0.15, 0.2) is 67.3 Å². The molecule has 0 fully saturated rings. The minimum absolute atomic E-state index is 0.00268. The molecule has 124 valence electrons. The van der Waals surface area contributed by atoms with Crippen LogP contribution in [0.25, 0.3) is 5.69 Å². The molecule has 1 aromatic heterocycles. The molecule has 24 heavy (non-hydrogen) atoms. The van der Waals surface area contributed by atoms with Crippen LogP contribution in [0.1, 0.15) is 18.4 Å². The number of para-hydroxylation sites is 2. The van der Waals surface area contributed by atoms with E-state index in [1.54, 1.807) is 18.2 Å². The van der Waals surface area contributed by atoms with Crippen molar-refractivity contribution < 1.29 is 8.42 Å². The van der Waals surface area contributed by atoms with Gasteiger partial charge in [0.1, 0.15) is 12.7 Å². The Kier molecular flexibility index (Phi) is 4.61. The van der Waals surface area contributed by atoms with Crippen molar-refractivity contribution in [1.29, 1.82) is 0 Å². The minimum Gasteiger partial charge on any atom is -0.281 e. The molecule has 1 heterocycles. The van der Waals surface area contributed by atoms with E-state index < -0.39 is 10.0 Å². The van der Waals surface area contributed by atoms with Gasteiger partial charge in [-0.15, -0.1) is 0 Å². The number of rotatable bonds is 6. The summed E-state index contributed by atoms with van der Waals surface area (Å²) < 4.78 is 29.3. The van der Waals surface area contributed by atoms with Crippen LogP contribution in [0.2, 0.25) is 0 Å². The SMILES string of the molecule is CC(CS(=O)(=O)Nc1ccccc1-n1cncn1)c1ccccc1. The standard InChI is InChI=1S/C17H18N4O2S/c1-14(15-7-3-2-4-8-15)11-24(22,23)20-16-9-5-6-10-17(16)21-13-18-12-19-21/h2-10,12-14,20H,11H2,1H3. The van der Waals surface area contributed by atoms with E-state index in [1.807, 2.05) is 43.3 Å². The Morgan fingerprint density at radius 2 is 1.79 bits per heavy atom. The summed E-state index contributed by atoms with van der Waals surface area (Å²) >= 11 is 0. The molecule has 0 spiro atoms. The van der Waals surface area contributed by atoms with Gasteiger partial charge >= 0.3 is 0 Å². The molecule has 0 aliphatic carbocycles. The van der Waals surface area contributed by atoms with Gasteiger partial charge in [0.15, 0.2) is 0 Å². The number of anilines is 1. The molecule has 0 amide bonds. The van der Waals surface area contributed by atoms with Gasteiger partial charge in [-0.3, -0.25) is 4.72 Å². The zero-order chi connectivity index (χ0) is 17.0. The Bertz CT molecular complexity index is 893. The first-order valence-electron chi connectivity index (χ1n) is 7.54. The van der Waals surface area contributed by atoms with Crippen LogP contribution < -0.4 is 4.72 Å². The number of nitrogens with zero attached hydrogens (tertiary/aromatic N) is 3. The Morgan fingerprint density at radius 1 is 1.08 bits per heavy atom. The third kappa shape index (κ3) is 3.80. The molecule has 0 bridgehead atoms. The molecule has 2 aromatic carbocycles. The highest BCUT2D eigenvalue weighted by atomic mass is 32.2. The molecule has 0 saturated heterocycles. The highest BCUT2D eigenvalue weighted by molar-refractivity contribution is 7.92. The molecule has 1 atom stereocenters. The Morgan fingerprint density at radius 3 is 2.50 bits per heavy atom. The second kappa shape index (κ2) is 6.84. The lowest BCUT2D eigenvalue weighted by atomic mass is 10.0. The van der Waals surface area contributed by atoms with Crippen molar-refractivity contribution in [2.24, 2.45) is 0 Å². The predicted molar refractivity (Wildman–Crippen MR) is 93.6 cm³/mol. The maximum atomic E-state index is 12.5. The van der Waals surface area contributed by atoms with Gasteiger partial charge in [0.2, 0.25) is 10.0 Å². The van der Waals surface area contributed by atoms with Crippen molar-refractivity contribution in [3.63, 3.8) is 0 Å². The second-order valence-electron chi connectivity index (χ2n) is 5.55. The van der Waals surface area contributed by atoms with Gasteiger partial charge in [0.25, 0.3) is 0 Å². The van der Waals surface area contributed by atoms with Gasteiger partial charge in [0, 0.05) is 0 Å². The first-order valence-corrected chi connectivity index (χ1v) is 9.20. The fourth-order valence-electron chi connectivity index (χ4n) is 2.51. The van der Waals surface area contributed by atoms with Crippen LogP contribution in [0.4, 0.5) is 5.69 Å². The Hall–Kier alpha value is -2.67. The first-order chi connectivity index (χ1) is 11.6. The molecule has 1 N–H and O–H groups in total. The van der Waals surface area contributed by atoms with Crippen molar-refractivity contribution in [1.82, 2.24) is 14.8 Å². The molecule has 3 aromatic rings. The topological polar surface area (TPSA) is 76.9 Å². The average molecular weight is 342 g/mol. The quantitative estimate of drug-likeness (QED) is 0.747. The summed E-state index contributed by atoms with van der Waals surface area (Å²) in [5, 5.41) is 4.06. The lowest BCUT2D eigenvalue weighted by Gasteiger charge is -2.15. The van der Waals surface area contributed by atoms with Crippen LogP contribution in [0.3, 0.4) is 0 Å². The van der Waals surface area contributed by atoms with Crippen molar-refractivity contribution in [2.75, 3.05) is 10.5 Å². The molecular weight excluding hydrogens is 324 g/mol. The first kappa shape index (κ1) is 16.2. The molecule has 6 nitrogen and oxygen atoms in total. The summed E-state index contributed by atoms with van der Waals surface area (Å²) in [5.74, 6) is -0.106. The zero-order valence-corrected chi connectivity index (χ0v) is 14.0. The third-order valence-corrected chi connectivity index (χ3v) is 5.14. The van der Waals surface area contributed by atoms with E-state index in [9.17, 15) is 8.42 Å². The van der Waals surface area contributed by atoms with Gasteiger partial charge in [-0.25, -0.2) is 18.1 Å². The maximum absolute atomic E-state index is 12.5. The summed E-state index contributed by atoms with van der Waals surface area (Å²) in [7, 11) is -3.51. The molecule has 1 unspecified atom stereocenters. The van der Waals surface area contributed by atoms with E-state index in [4.69, 9.17) is 0 Å². The summed E-state index contributed by atoms with van der Waals surface area (Å²) in [6.45, 7) is 1.90. The summed E-state index contributed by atoms with van der Waals surface area (Å²) in [4.78, 5) is 3.90. The number of sulfonamides is 1. The van der Waals surface area contributed by atoms with E-state index in [-0.39, 0.29) is 11.7 Å². The summed E-state index contributed by atoms with van der Waals surface area (Å²) in [5.41, 5.74) is 2.10. The number of hydrogen-bond acceptors (Lipinski definition) is 4. The van der Waals surface area contributed by atoms with Gasteiger partial charge in [-0.05, 0) is 23.6 Å². The fraction of sp³-hybridized carbons (Fsp3) is 0.176. The summed E-state index contributed by atoms with van der Waals surface area (Å²) in [6.07, 6.45) is 2.93. The summed E-state index contributed by atoms with van der Waals surface area (Å²) in [6, 6.07) is 16.7. The molecule has 0 radical (unpaired) electrons. The van der Waals surface area contributed by atoms with Crippen LogP contribution in [-0.4, -0.2) is 28.9 Å². The van der Waals surface area contributed by atoms with Gasteiger partial charge in [-0.2, -0.15) is 5.10 Å². The molecule has 7 heteroatoms. The number of nitrogens with one attached hydrogen (secondary N) is 1. The highest BCUT2D eigenvalue weighted by Crippen LogP contribution is 2.22. The van der Waals surface area contributed by atoms with Crippen LogP contribution >= 0.6 is 0 Å². The van der Waals surface area contributed by atoms with Gasteiger partial charge in [-0.1, -0.05) is 49.4 Å². The number of benzene rings is 2. The lowest BCUT2D eigenvalue weighted by Crippen LogP contribution is -2.21. The molecule has 0 saturated carbocycles.